The summed E-state index contributed by atoms with van der Waals surface area (Å²) in [7, 11) is 0. The lowest BCUT2D eigenvalue weighted by atomic mass is 9.76. The number of primary amides is 1. The highest BCUT2D eigenvalue weighted by atomic mass is 16.1. The van der Waals surface area contributed by atoms with Crippen LogP contribution in [0.4, 0.5) is 0 Å². The van der Waals surface area contributed by atoms with Crippen LogP contribution in [0.1, 0.15) is 39.4 Å². The summed E-state index contributed by atoms with van der Waals surface area (Å²) in [6, 6.07) is 28.1. The number of piperidine rings is 1. The lowest BCUT2D eigenvalue weighted by Crippen LogP contribution is -2.43. The van der Waals surface area contributed by atoms with E-state index in [-0.39, 0.29) is 11.8 Å². The van der Waals surface area contributed by atoms with Gasteiger partial charge in [-0.25, -0.2) is 0 Å². The Kier molecular flexibility index (Phi) is 6.05. The minimum Gasteiger partial charge on any atom is -0.366 e. The van der Waals surface area contributed by atoms with Crippen LogP contribution >= 0.6 is 0 Å². The first-order valence-electron chi connectivity index (χ1n) is 10.4. The quantitative estimate of drug-likeness (QED) is 0.682. The Morgan fingerprint density at radius 3 is 2.00 bits per heavy atom. The van der Waals surface area contributed by atoms with Gasteiger partial charge in [-0.2, -0.15) is 0 Å². The number of carbonyl (C=O) groups is 2. The molecule has 4 heteroatoms. The zero-order valence-electron chi connectivity index (χ0n) is 16.9. The molecular formula is C26H26N2O2. The fraction of sp³-hybridized carbons (Fsp3) is 0.231. The minimum absolute atomic E-state index is 0.0416. The third-order valence-corrected chi connectivity index (χ3v) is 5.91. The number of nitrogens with two attached hydrogens (primary N) is 1. The van der Waals surface area contributed by atoms with Gasteiger partial charge in [0.05, 0.1) is 0 Å². The molecule has 1 amide bonds. The second-order valence-electron chi connectivity index (χ2n) is 7.92. The summed E-state index contributed by atoms with van der Waals surface area (Å²) in [5, 5.41) is 0. The molecule has 4 rings (SSSR count). The molecule has 4 nitrogen and oxygen atoms in total. The molecule has 1 unspecified atom stereocenters. The first-order valence-corrected chi connectivity index (χ1v) is 10.4. The number of rotatable bonds is 6. The van der Waals surface area contributed by atoms with Crippen molar-refractivity contribution in [2.45, 2.75) is 18.9 Å². The van der Waals surface area contributed by atoms with E-state index in [0.717, 1.165) is 18.7 Å². The normalized spacial score (nSPS) is 17.2. The van der Waals surface area contributed by atoms with Crippen LogP contribution in [-0.2, 0) is 11.3 Å². The summed E-state index contributed by atoms with van der Waals surface area (Å²) in [5.74, 6) is -0.139. The van der Waals surface area contributed by atoms with Crippen molar-refractivity contribution in [3.8, 4) is 0 Å². The highest BCUT2D eigenvalue weighted by Crippen LogP contribution is 2.35. The smallest absolute Gasteiger partial charge is 0.248 e. The number of amides is 1. The van der Waals surface area contributed by atoms with E-state index in [2.05, 4.69) is 29.2 Å². The fourth-order valence-electron chi connectivity index (χ4n) is 4.37. The fourth-order valence-corrected chi connectivity index (χ4v) is 4.37. The molecule has 0 spiro atoms. The summed E-state index contributed by atoms with van der Waals surface area (Å²) in [6.07, 6.45) is 0.556. The van der Waals surface area contributed by atoms with E-state index < -0.39 is 5.91 Å². The Bertz CT molecular complexity index is 961. The van der Waals surface area contributed by atoms with Crippen molar-refractivity contribution in [2.75, 3.05) is 13.1 Å². The van der Waals surface area contributed by atoms with E-state index in [1.807, 2.05) is 48.5 Å². The molecule has 1 aliphatic rings. The van der Waals surface area contributed by atoms with Crippen molar-refractivity contribution in [3.63, 3.8) is 0 Å². The van der Waals surface area contributed by atoms with Crippen LogP contribution < -0.4 is 5.73 Å². The highest BCUT2D eigenvalue weighted by Gasteiger charge is 2.35. The summed E-state index contributed by atoms with van der Waals surface area (Å²) >= 11 is 0. The van der Waals surface area contributed by atoms with Crippen LogP contribution in [0.25, 0.3) is 0 Å². The van der Waals surface area contributed by atoms with Crippen LogP contribution in [0.2, 0.25) is 0 Å². The van der Waals surface area contributed by atoms with Gasteiger partial charge in [-0.3, -0.25) is 14.5 Å². The number of hydrogen-bond donors (Lipinski definition) is 1. The molecule has 1 aliphatic heterocycles. The summed E-state index contributed by atoms with van der Waals surface area (Å²) in [5.41, 5.74) is 9.32. The number of hydrogen-bond acceptors (Lipinski definition) is 3. The summed E-state index contributed by atoms with van der Waals surface area (Å²) in [6.45, 7) is 2.22. The van der Waals surface area contributed by atoms with Gasteiger partial charge < -0.3 is 5.73 Å². The minimum atomic E-state index is -0.418. The molecule has 3 aromatic rings. The van der Waals surface area contributed by atoms with E-state index in [1.54, 1.807) is 12.1 Å². The lowest BCUT2D eigenvalue weighted by molar-refractivity contribution is -0.126. The molecule has 1 heterocycles. The first kappa shape index (κ1) is 20.0. The van der Waals surface area contributed by atoms with Crippen molar-refractivity contribution in [1.29, 1.82) is 0 Å². The van der Waals surface area contributed by atoms with Crippen molar-refractivity contribution < 1.29 is 9.59 Å². The van der Waals surface area contributed by atoms with Gasteiger partial charge >= 0.3 is 0 Å². The molecule has 2 N–H and O–H groups in total. The topological polar surface area (TPSA) is 63.4 Å². The van der Waals surface area contributed by atoms with Crippen molar-refractivity contribution in [1.82, 2.24) is 4.90 Å². The Labute approximate surface area is 177 Å². The van der Waals surface area contributed by atoms with Gasteiger partial charge in [0, 0.05) is 43.5 Å². The van der Waals surface area contributed by atoms with Crippen molar-refractivity contribution in [3.05, 3.63) is 107 Å². The molecule has 0 aliphatic carbocycles. The van der Waals surface area contributed by atoms with Crippen LogP contribution in [0.5, 0.6) is 0 Å². The number of likely N-dealkylation sites (tertiary alicyclic amines) is 1. The maximum absolute atomic E-state index is 13.0. The number of Topliss-reactive ketones (excluding diaryl/α,β-unsaturated/α-hetero) is 1. The maximum Gasteiger partial charge on any atom is 0.248 e. The van der Waals surface area contributed by atoms with Gasteiger partial charge in [0.1, 0.15) is 5.78 Å². The Balaban J connectivity index is 1.58. The average molecular weight is 399 g/mol. The van der Waals surface area contributed by atoms with E-state index in [4.69, 9.17) is 5.73 Å². The molecule has 0 radical (unpaired) electrons. The van der Waals surface area contributed by atoms with Crippen LogP contribution in [-0.4, -0.2) is 29.7 Å². The Hall–Kier alpha value is -3.24. The second kappa shape index (κ2) is 9.06. The molecule has 152 valence electrons. The SMILES string of the molecule is NC(=O)c1ccc(CN2CCC(=O)C(C(c3ccccc3)c3ccccc3)C2)cc1. The number of nitrogens with zero attached hydrogens (tertiary/aromatic N) is 1. The van der Waals surface area contributed by atoms with Gasteiger partial charge in [0.15, 0.2) is 0 Å². The number of ketones is 1. The maximum atomic E-state index is 13.0. The van der Waals surface area contributed by atoms with Crippen LogP contribution in [0, 0.1) is 5.92 Å². The molecule has 1 fully saturated rings. The van der Waals surface area contributed by atoms with Crippen molar-refractivity contribution >= 4 is 11.7 Å². The highest BCUT2D eigenvalue weighted by molar-refractivity contribution is 5.92. The Morgan fingerprint density at radius 2 is 1.47 bits per heavy atom. The van der Waals surface area contributed by atoms with E-state index >= 15 is 0 Å². The Morgan fingerprint density at radius 1 is 0.900 bits per heavy atom. The monoisotopic (exact) mass is 398 g/mol. The van der Waals surface area contributed by atoms with E-state index in [0.29, 0.717) is 24.3 Å². The largest absolute Gasteiger partial charge is 0.366 e. The molecule has 3 aromatic carbocycles. The predicted molar refractivity (Wildman–Crippen MR) is 118 cm³/mol. The molecule has 1 atom stereocenters. The third-order valence-electron chi connectivity index (χ3n) is 5.91. The van der Waals surface area contributed by atoms with Gasteiger partial charge in [0.2, 0.25) is 5.91 Å². The van der Waals surface area contributed by atoms with Crippen LogP contribution in [0.3, 0.4) is 0 Å². The predicted octanol–water partition coefficient (Wildman–Crippen LogP) is 4.01. The second-order valence-corrected chi connectivity index (χ2v) is 7.92. The average Bonchev–Trinajstić information content (AvgIpc) is 2.78. The molecule has 0 saturated carbocycles. The van der Waals surface area contributed by atoms with Crippen molar-refractivity contribution in [2.24, 2.45) is 11.7 Å². The molecule has 1 saturated heterocycles. The summed E-state index contributed by atoms with van der Waals surface area (Å²) < 4.78 is 0. The molecule has 0 bridgehead atoms. The van der Waals surface area contributed by atoms with Gasteiger partial charge in [-0.15, -0.1) is 0 Å². The molecule has 0 aromatic heterocycles. The molecule has 30 heavy (non-hydrogen) atoms. The third kappa shape index (κ3) is 4.50. The molecular weight excluding hydrogens is 372 g/mol. The van der Waals surface area contributed by atoms with E-state index in [1.165, 1.54) is 11.1 Å². The standard InChI is InChI=1S/C26H26N2O2/c27-26(30)22-13-11-19(12-14-22)17-28-16-15-24(29)23(18-28)25(20-7-3-1-4-8-20)21-9-5-2-6-10-21/h1-14,23,25H,15-18H2,(H2,27,30). The number of carbonyl (C=O) groups excluding carboxylic acids is 2. The first-order chi connectivity index (χ1) is 14.6. The summed E-state index contributed by atoms with van der Waals surface area (Å²) in [4.78, 5) is 26.7. The van der Waals surface area contributed by atoms with Gasteiger partial charge in [0.25, 0.3) is 0 Å². The van der Waals surface area contributed by atoms with Crippen LogP contribution in [0.15, 0.2) is 84.9 Å². The van der Waals surface area contributed by atoms with E-state index in [9.17, 15) is 9.59 Å². The van der Waals surface area contributed by atoms with Gasteiger partial charge in [-0.05, 0) is 28.8 Å². The number of benzene rings is 3. The lowest BCUT2D eigenvalue weighted by Gasteiger charge is -2.36. The zero-order chi connectivity index (χ0) is 20.9. The zero-order valence-corrected chi connectivity index (χ0v) is 16.9. The van der Waals surface area contributed by atoms with Gasteiger partial charge in [-0.1, -0.05) is 72.8 Å².